The first-order chi connectivity index (χ1) is 12.7. The molecule has 2 aliphatic heterocycles. The Kier molecular flexibility index (Phi) is 4.02. The van der Waals surface area contributed by atoms with Crippen molar-refractivity contribution in [2.75, 3.05) is 5.75 Å². The Morgan fingerprint density at radius 2 is 2.04 bits per heavy atom. The van der Waals surface area contributed by atoms with Crippen molar-refractivity contribution >= 4 is 28.9 Å². The maximum atomic E-state index is 14.5. The SMILES string of the molecule is O=C1CCCC2=C1C(c1ccc(F)c(-c3cccs3)c1)C1=C(CCS1)N2. The van der Waals surface area contributed by atoms with Gasteiger partial charge in [0.2, 0.25) is 0 Å². The number of rotatable bonds is 2. The summed E-state index contributed by atoms with van der Waals surface area (Å²) < 4.78 is 14.5. The van der Waals surface area contributed by atoms with Crippen molar-refractivity contribution in [2.24, 2.45) is 0 Å². The summed E-state index contributed by atoms with van der Waals surface area (Å²) in [6.45, 7) is 0. The molecule has 1 aromatic carbocycles. The molecule has 0 saturated carbocycles. The van der Waals surface area contributed by atoms with Crippen LogP contribution in [0.15, 0.2) is 57.6 Å². The van der Waals surface area contributed by atoms with Crippen molar-refractivity contribution in [3.8, 4) is 10.4 Å². The second-order valence-electron chi connectivity index (χ2n) is 6.88. The molecule has 1 aromatic heterocycles. The molecule has 26 heavy (non-hydrogen) atoms. The number of thioether (sulfide) groups is 1. The highest BCUT2D eigenvalue weighted by atomic mass is 32.2. The molecule has 1 aliphatic carbocycles. The van der Waals surface area contributed by atoms with Crippen LogP contribution < -0.4 is 5.32 Å². The third-order valence-corrected chi connectivity index (χ3v) is 7.43. The molecule has 1 unspecified atom stereocenters. The zero-order valence-corrected chi connectivity index (χ0v) is 15.8. The number of carbonyl (C=O) groups excluding carboxylic acids is 1. The first-order valence-corrected chi connectivity index (χ1v) is 10.8. The van der Waals surface area contributed by atoms with E-state index in [2.05, 4.69) is 5.32 Å². The highest BCUT2D eigenvalue weighted by Gasteiger charge is 2.38. The quantitative estimate of drug-likeness (QED) is 0.732. The normalized spacial score (nSPS) is 22.3. The van der Waals surface area contributed by atoms with Gasteiger partial charge in [-0.25, -0.2) is 4.39 Å². The van der Waals surface area contributed by atoms with E-state index in [1.165, 1.54) is 21.9 Å². The highest BCUT2D eigenvalue weighted by molar-refractivity contribution is 8.03. The van der Waals surface area contributed by atoms with Gasteiger partial charge < -0.3 is 5.32 Å². The van der Waals surface area contributed by atoms with Crippen LogP contribution in [0.1, 0.15) is 37.2 Å². The molecule has 5 rings (SSSR count). The van der Waals surface area contributed by atoms with Crippen LogP contribution in [0.5, 0.6) is 0 Å². The number of hydrogen-bond donors (Lipinski definition) is 1. The summed E-state index contributed by atoms with van der Waals surface area (Å²) in [4.78, 5) is 15.0. The zero-order chi connectivity index (χ0) is 17.7. The molecular formula is C21H18FNOS2. The molecule has 0 spiro atoms. The van der Waals surface area contributed by atoms with Gasteiger partial charge in [0.15, 0.2) is 5.78 Å². The van der Waals surface area contributed by atoms with Crippen molar-refractivity contribution in [2.45, 2.75) is 31.6 Å². The Morgan fingerprint density at radius 3 is 2.88 bits per heavy atom. The molecule has 3 heterocycles. The monoisotopic (exact) mass is 383 g/mol. The maximum absolute atomic E-state index is 14.5. The average Bonchev–Trinajstić information content (AvgIpc) is 3.32. The van der Waals surface area contributed by atoms with Gasteiger partial charge in [0, 0.05) is 50.4 Å². The molecular weight excluding hydrogens is 365 g/mol. The summed E-state index contributed by atoms with van der Waals surface area (Å²) in [6, 6.07) is 9.25. The highest BCUT2D eigenvalue weighted by Crippen LogP contribution is 2.50. The number of hydrogen-bond acceptors (Lipinski definition) is 4. The third kappa shape index (κ3) is 2.57. The smallest absolute Gasteiger partial charge is 0.161 e. The molecule has 0 bridgehead atoms. The van der Waals surface area contributed by atoms with Gasteiger partial charge in [0.25, 0.3) is 0 Å². The fourth-order valence-electron chi connectivity index (χ4n) is 4.16. The maximum Gasteiger partial charge on any atom is 0.161 e. The number of dihydropyridines is 1. The summed E-state index contributed by atoms with van der Waals surface area (Å²) in [7, 11) is 0. The lowest BCUT2D eigenvalue weighted by atomic mass is 9.79. The second-order valence-corrected chi connectivity index (χ2v) is 8.97. The van der Waals surface area contributed by atoms with Crippen LogP contribution >= 0.6 is 23.1 Å². The van der Waals surface area contributed by atoms with Gasteiger partial charge in [-0.2, -0.15) is 0 Å². The van der Waals surface area contributed by atoms with Gasteiger partial charge >= 0.3 is 0 Å². The molecule has 132 valence electrons. The molecule has 5 heteroatoms. The molecule has 0 fully saturated rings. The molecule has 1 atom stereocenters. The van der Waals surface area contributed by atoms with E-state index in [-0.39, 0.29) is 17.5 Å². The Morgan fingerprint density at radius 1 is 1.12 bits per heavy atom. The number of benzene rings is 1. The number of nitrogens with one attached hydrogen (secondary N) is 1. The van der Waals surface area contributed by atoms with Crippen LogP contribution in [-0.4, -0.2) is 11.5 Å². The summed E-state index contributed by atoms with van der Waals surface area (Å²) >= 11 is 3.37. The third-order valence-electron chi connectivity index (χ3n) is 5.33. The Bertz CT molecular complexity index is 958. The minimum atomic E-state index is -0.206. The summed E-state index contributed by atoms with van der Waals surface area (Å²) in [5.41, 5.74) is 4.92. The van der Waals surface area contributed by atoms with E-state index >= 15 is 0 Å². The minimum Gasteiger partial charge on any atom is -0.361 e. The van der Waals surface area contributed by atoms with E-state index < -0.39 is 0 Å². The van der Waals surface area contributed by atoms with Crippen molar-refractivity contribution in [1.82, 2.24) is 5.32 Å². The van der Waals surface area contributed by atoms with E-state index in [1.807, 2.05) is 41.4 Å². The number of carbonyl (C=O) groups is 1. The fourth-order valence-corrected chi connectivity index (χ4v) is 6.18. The van der Waals surface area contributed by atoms with Gasteiger partial charge in [-0.3, -0.25) is 4.79 Å². The summed E-state index contributed by atoms with van der Waals surface area (Å²) in [6.07, 6.45) is 3.47. The lowest BCUT2D eigenvalue weighted by Gasteiger charge is -2.33. The van der Waals surface area contributed by atoms with Crippen molar-refractivity contribution in [3.05, 3.63) is 69.0 Å². The molecule has 0 amide bonds. The predicted molar refractivity (Wildman–Crippen MR) is 106 cm³/mol. The van der Waals surface area contributed by atoms with Crippen LogP contribution in [0.4, 0.5) is 4.39 Å². The lowest BCUT2D eigenvalue weighted by molar-refractivity contribution is -0.116. The van der Waals surface area contributed by atoms with Crippen molar-refractivity contribution in [3.63, 3.8) is 0 Å². The lowest BCUT2D eigenvalue weighted by Crippen LogP contribution is -2.30. The molecule has 0 saturated heterocycles. The van der Waals surface area contributed by atoms with Gasteiger partial charge in [-0.05, 0) is 48.4 Å². The summed E-state index contributed by atoms with van der Waals surface area (Å²) in [5.74, 6) is 1.04. The summed E-state index contributed by atoms with van der Waals surface area (Å²) in [5, 5.41) is 5.51. The van der Waals surface area contributed by atoms with Crippen LogP contribution in [0.3, 0.4) is 0 Å². The molecule has 3 aliphatic rings. The topological polar surface area (TPSA) is 29.1 Å². The van der Waals surface area contributed by atoms with Crippen molar-refractivity contribution in [1.29, 1.82) is 0 Å². The Hall–Kier alpha value is -1.85. The fraction of sp³-hybridized carbons (Fsp3) is 0.286. The van der Waals surface area contributed by atoms with E-state index in [1.54, 1.807) is 6.07 Å². The molecule has 2 aromatic rings. The predicted octanol–water partition coefficient (Wildman–Crippen LogP) is 5.60. The average molecular weight is 384 g/mol. The molecule has 2 nitrogen and oxygen atoms in total. The number of allylic oxidation sites excluding steroid dienone is 4. The first kappa shape index (κ1) is 16.3. The van der Waals surface area contributed by atoms with E-state index in [0.29, 0.717) is 12.0 Å². The van der Waals surface area contributed by atoms with Gasteiger partial charge in [-0.1, -0.05) is 12.1 Å². The van der Waals surface area contributed by atoms with Gasteiger partial charge in [0.1, 0.15) is 5.82 Å². The largest absolute Gasteiger partial charge is 0.361 e. The van der Waals surface area contributed by atoms with Crippen molar-refractivity contribution < 1.29 is 9.18 Å². The second kappa shape index (κ2) is 6.39. The Balaban J connectivity index is 1.67. The number of ketones is 1. The number of halogens is 1. The number of thiophene rings is 1. The minimum absolute atomic E-state index is 0.0409. The zero-order valence-electron chi connectivity index (χ0n) is 14.2. The van der Waals surface area contributed by atoms with Crippen LogP contribution in [0, 0.1) is 5.82 Å². The number of Topliss-reactive ketones (excluding diaryl/α,β-unsaturated/α-hetero) is 1. The van der Waals surface area contributed by atoms with Gasteiger partial charge in [-0.15, -0.1) is 23.1 Å². The van der Waals surface area contributed by atoms with Crippen LogP contribution in [-0.2, 0) is 4.79 Å². The standard InChI is InChI=1S/C21H18FNOS2/c22-14-7-6-12(11-13(14)18-5-2-9-25-18)19-20-15(3-1-4-17(20)24)23-16-8-10-26-21(16)19/h2,5-7,9,11,19,23H,1,3-4,8,10H2. The Labute approximate surface area is 160 Å². The van der Waals surface area contributed by atoms with Crippen LogP contribution in [0.2, 0.25) is 0 Å². The van der Waals surface area contributed by atoms with Crippen LogP contribution in [0.25, 0.3) is 10.4 Å². The van der Waals surface area contributed by atoms with E-state index in [4.69, 9.17) is 0 Å². The van der Waals surface area contributed by atoms with Gasteiger partial charge in [0.05, 0.1) is 0 Å². The molecule has 1 N–H and O–H groups in total. The van der Waals surface area contributed by atoms with E-state index in [9.17, 15) is 9.18 Å². The molecule has 0 radical (unpaired) electrons. The van der Waals surface area contributed by atoms with E-state index in [0.717, 1.165) is 46.7 Å². The first-order valence-electron chi connectivity index (χ1n) is 8.95.